The lowest BCUT2D eigenvalue weighted by atomic mass is 10.00. The summed E-state index contributed by atoms with van der Waals surface area (Å²) in [6.45, 7) is 3.89. The van der Waals surface area contributed by atoms with Crippen LogP contribution in [0.4, 0.5) is 0 Å². The van der Waals surface area contributed by atoms with Crippen LogP contribution in [0.3, 0.4) is 0 Å². The van der Waals surface area contributed by atoms with Crippen molar-refractivity contribution in [3.63, 3.8) is 0 Å². The third-order valence-corrected chi connectivity index (χ3v) is 7.60. The van der Waals surface area contributed by atoms with Gasteiger partial charge in [0.2, 0.25) is 5.91 Å². The zero-order chi connectivity index (χ0) is 30.4. The summed E-state index contributed by atoms with van der Waals surface area (Å²) in [6, 6.07) is -1.000. The van der Waals surface area contributed by atoms with Crippen LogP contribution < -0.4 is 5.32 Å². The molecule has 0 rings (SSSR count). The molecular formula is C35H65NO5. The Morgan fingerprint density at radius 3 is 1.66 bits per heavy atom. The third-order valence-electron chi connectivity index (χ3n) is 7.60. The fourth-order valence-corrected chi connectivity index (χ4v) is 4.79. The third kappa shape index (κ3) is 24.8. The summed E-state index contributed by atoms with van der Waals surface area (Å²) in [6.07, 6.45) is 31.8. The molecule has 0 heterocycles. The quantitative estimate of drug-likeness (QED) is 0.0359. The number of aliphatic hydroxyl groups is 4. The average Bonchev–Trinajstić information content (AvgIpc) is 2.98. The van der Waals surface area contributed by atoms with Crippen LogP contribution in [0.2, 0.25) is 0 Å². The average molecular weight is 580 g/mol. The van der Waals surface area contributed by atoms with Crippen molar-refractivity contribution in [2.75, 3.05) is 6.61 Å². The van der Waals surface area contributed by atoms with Gasteiger partial charge < -0.3 is 25.7 Å². The largest absolute Gasteiger partial charge is 0.394 e. The van der Waals surface area contributed by atoms with Crippen molar-refractivity contribution in [2.24, 2.45) is 0 Å². The van der Waals surface area contributed by atoms with E-state index in [4.69, 9.17) is 0 Å². The van der Waals surface area contributed by atoms with Crippen LogP contribution in [-0.4, -0.2) is 57.3 Å². The Morgan fingerprint density at radius 1 is 0.610 bits per heavy atom. The van der Waals surface area contributed by atoms with Crippen LogP contribution >= 0.6 is 0 Å². The Morgan fingerprint density at radius 2 is 1.10 bits per heavy atom. The standard InChI is InChI=1S/C35H65NO5/c1-3-5-7-9-11-12-13-14-15-16-17-18-19-20-21-23-25-27-29-33(39)35(41)36-31(30-37)34(40)32(38)28-26-24-22-10-8-6-4-2/h10-14,22,31-34,37-40H,3-9,15-21,23-30H2,1-2H3,(H,36,41)/b12-11-,14-13-,22-10+. The summed E-state index contributed by atoms with van der Waals surface area (Å²) >= 11 is 0. The smallest absolute Gasteiger partial charge is 0.249 e. The van der Waals surface area contributed by atoms with Gasteiger partial charge in [-0.25, -0.2) is 0 Å². The first-order chi connectivity index (χ1) is 20.0. The monoisotopic (exact) mass is 579 g/mol. The highest BCUT2D eigenvalue weighted by Gasteiger charge is 2.28. The molecule has 1 amide bonds. The highest BCUT2D eigenvalue weighted by atomic mass is 16.3. The maximum Gasteiger partial charge on any atom is 0.249 e. The lowest BCUT2D eigenvalue weighted by molar-refractivity contribution is -0.132. The fraction of sp³-hybridized carbons (Fsp3) is 0.800. The summed E-state index contributed by atoms with van der Waals surface area (Å²) in [5, 5.41) is 43.0. The van der Waals surface area contributed by atoms with E-state index in [1.165, 1.54) is 64.2 Å². The van der Waals surface area contributed by atoms with Gasteiger partial charge in [0.1, 0.15) is 12.2 Å². The number of aliphatic hydroxyl groups excluding tert-OH is 4. The molecular weight excluding hydrogens is 514 g/mol. The minimum atomic E-state index is -1.28. The molecule has 0 saturated carbocycles. The minimum Gasteiger partial charge on any atom is -0.394 e. The van der Waals surface area contributed by atoms with Crippen molar-refractivity contribution in [1.29, 1.82) is 0 Å². The second kappa shape index (κ2) is 30.0. The number of nitrogens with one attached hydrogen (secondary N) is 1. The number of rotatable bonds is 29. The fourth-order valence-electron chi connectivity index (χ4n) is 4.79. The van der Waals surface area contributed by atoms with E-state index in [9.17, 15) is 25.2 Å². The molecule has 0 saturated heterocycles. The zero-order valence-electron chi connectivity index (χ0n) is 26.5. The second-order valence-corrected chi connectivity index (χ2v) is 11.5. The topological polar surface area (TPSA) is 110 Å². The van der Waals surface area contributed by atoms with Gasteiger partial charge in [0.25, 0.3) is 0 Å². The molecule has 0 aliphatic rings. The summed E-state index contributed by atoms with van der Waals surface area (Å²) in [5.41, 5.74) is 0. The molecule has 0 aromatic carbocycles. The van der Waals surface area contributed by atoms with E-state index in [0.717, 1.165) is 51.4 Å². The van der Waals surface area contributed by atoms with Crippen molar-refractivity contribution in [2.45, 2.75) is 173 Å². The van der Waals surface area contributed by atoms with E-state index >= 15 is 0 Å². The van der Waals surface area contributed by atoms with Crippen LogP contribution in [-0.2, 0) is 4.79 Å². The Bertz CT molecular complexity index is 663. The summed E-state index contributed by atoms with van der Waals surface area (Å²) in [7, 11) is 0. The predicted octanol–water partition coefficient (Wildman–Crippen LogP) is 7.45. The summed E-state index contributed by atoms with van der Waals surface area (Å²) in [4.78, 5) is 12.4. The second-order valence-electron chi connectivity index (χ2n) is 11.5. The molecule has 6 nitrogen and oxygen atoms in total. The molecule has 5 N–H and O–H groups in total. The Balaban J connectivity index is 3.83. The molecule has 4 unspecified atom stereocenters. The lowest BCUT2D eigenvalue weighted by Crippen LogP contribution is -2.53. The van der Waals surface area contributed by atoms with Crippen molar-refractivity contribution in [1.82, 2.24) is 5.32 Å². The van der Waals surface area contributed by atoms with Crippen LogP contribution in [0, 0.1) is 0 Å². The first kappa shape index (κ1) is 39.5. The number of allylic oxidation sites excluding steroid dienone is 6. The maximum absolute atomic E-state index is 12.4. The van der Waals surface area contributed by atoms with Gasteiger partial charge in [0, 0.05) is 0 Å². The number of carbonyl (C=O) groups is 1. The number of unbranched alkanes of at least 4 members (excludes halogenated alkanes) is 15. The number of carbonyl (C=O) groups excluding carboxylic acids is 1. The molecule has 0 aliphatic carbocycles. The molecule has 0 fully saturated rings. The van der Waals surface area contributed by atoms with E-state index in [-0.39, 0.29) is 0 Å². The Labute approximate surface area is 252 Å². The van der Waals surface area contributed by atoms with Gasteiger partial charge in [-0.1, -0.05) is 127 Å². The highest BCUT2D eigenvalue weighted by Crippen LogP contribution is 2.14. The van der Waals surface area contributed by atoms with E-state index in [1.54, 1.807) is 0 Å². The Hall–Kier alpha value is -1.47. The van der Waals surface area contributed by atoms with Gasteiger partial charge in [0.05, 0.1) is 18.8 Å². The SMILES string of the molecule is CCCC/C=C/CCCC(O)C(O)C(CO)NC(=O)C(O)CCCCCCCCCCC/C=C\C=C/CCCCC. The first-order valence-electron chi connectivity index (χ1n) is 16.9. The van der Waals surface area contributed by atoms with Crippen molar-refractivity contribution in [3.05, 3.63) is 36.5 Å². The van der Waals surface area contributed by atoms with Crippen LogP contribution in [0.5, 0.6) is 0 Å². The number of hydrogen-bond donors (Lipinski definition) is 5. The van der Waals surface area contributed by atoms with Crippen molar-refractivity contribution >= 4 is 5.91 Å². The van der Waals surface area contributed by atoms with Gasteiger partial charge >= 0.3 is 0 Å². The highest BCUT2D eigenvalue weighted by molar-refractivity contribution is 5.80. The van der Waals surface area contributed by atoms with Gasteiger partial charge in [-0.05, 0) is 57.8 Å². The predicted molar refractivity (Wildman–Crippen MR) is 173 cm³/mol. The molecule has 0 aromatic heterocycles. The molecule has 0 aromatic rings. The molecule has 0 aliphatic heterocycles. The zero-order valence-corrected chi connectivity index (χ0v) is 26.5. The Kier molecular flexibility index (Phi) is 28.9. The molecule has 240 valence electrons. The molecule has 0 bridgehead atoms. The first-order valence-corrected chi connectivity index (χ1v) is 16.9. The van der Waals surface area contributed by atoms with Crippen LogP contribution in [0.25, 0.3) is 0 Å². The normalized spacial score (nSPS) is 15.2. The minimum absolute atomic E-state index is 0.356. The van der Waals surface area contributed by atoms with E-state index in [0.29, 0.717) is 19.3 Å². The summed E-state index contributed by atoms with van der Waals surface area (Å²) in [5.74, 6) is -0.605. The molecule has 0 spiro atoms. The van der Waals surface area contributed by atoms with E-state index in [1.807, 2.05) is 0 Å². The molecule has 41 heavy (non-hydrogen) atoms. The van der Waals surface area contributed by atoms with E-state index < -0.39 is 36.9 Å². The molecule has 4 atom stereocenters. The lowest BCUT2D eigenvalue weighted by Gasteiger charge is -2.27. The summed E-state index contributed by atoms with van der Waals surface area (Å²) < 4.78 is 0. The van der Waals surface area contributed by atoms with Crippen LogP contribution in [0.1, 0.15) is 149 Å². The molecule has 0 radical (unpaired) electrons. The van der Waals surface area contributed by atoms with Crippen molar-refractivity contribution in [3.8, 4) is 0 Å². The van der Waals surface area contributed by atoms with Gasteiger partial charge in [-0.3, -0.25) is 4.79 Å². The van der Waals surface area contributed by atoms with Gasteiger partial charge in [-0.2, -0.15) is 0 Å². The van der Waals surface area contributed by atoms with E-state index in [2.05, 4.69) is 55.6 Å². The number of amides is 1. The van der Waals surface area contributed by atoms with Gasteiger partial charge in [-0.15, -0.1) is 0 Å². The van der Waals surface area contributed by atoms with Gasteiger partial charge in [0.15, 0.2) is 0 Å². The van der Waals surface area contributed by atoms with Crippen LogP contribution in [0.15, 0.2) is 36.5 Å². The molecule has 6 heteroatoms. The maximum atomic E-state index is 12.4. The van der Waals surface area contributed by atoms with Crippen molar-refractivity contribution < 1.29 is 25.2 Å². The number of hydrogen-bond acceptors (Lipinski definition) is 5.